The minimum Gasteiger partial charge on any atom is -0.491 e. The summed E-state index contributed by atoms with van der Waals surface area (Å²) in [6, 6.07) is 8.07. The molecule has 1 aromatic carbocycles. The first-order chi connectivity index (χ1) is 10.5. The van der Waals surface area contributed by atoms with Crippen LogP contribution in [0.1, 0.15) is 35.9 Å². The van der Waals surface area contributed by atoms with Crippen molar-refractivity contribution in [3.05, 3.63) is 41.1 Å². The van der Waals surface area contributed by atoms with E-state index in [9.17, 15) is 4.79 Å². The van der Waals surface area contributed by atoms with Gasteiger partial charge in [-0.15, -0.1) is 11.8 Å². The van der Waals surface area contributed by atoms with E-state index in [-0.39, 0.29) is 17.3 Å². The van der Waals surface area contributed by atoms with Gasteiger partial charge in [0, 0.05) is 11.3 Å². The van der Waals surface area contributed by atoms with E-state index in [0.717, 1.165) is 22.6 Å². The summed E-state index contributed by atoms with van der Waals surface area (Å²) < 4.78 is 5.68. The average molecular weight is 317 g/mol. The molecule has 0 fully saturated rings. The highest BCUT2D eigenvalue weighted by Gasteiger charge is 2.28. The number of fused-ring (bicyclic) bond motifs is 1. The summed E-state index contributed by atoms with van der Waals surface area (Å²) >= 11 is 1.61. The van der Waals surface area contributed by atoms with Gasteiger partial charge in [0.15, 0.2) is 5.82 Å². The standard InChI is InChI=1S/C16H19N3O2S/c1-9(2)21-12-6-4-11(5-7-12)15-14-10(3)18-19-16(14)17-13(20)8-22-15/h4-7,9,15H,8H2,1-3H3,(H2,17,18,19,20). The minimum atomic E-state index is -0.0139. The van der Waals surface area contributed by atoms with Gasteiger partial charge in [-0.2, -0.15) is 5.10 Å². The lowest BCUT2D eigenvalue weighted by molar-refractivity contribution is -0.113. The van der Waals surface area contributed by atoms with Gasteiger partial charge in [-0.05, 0) is 38.5 Å². The number of nitrogens with zero attached hydrogens (tertiary/aromatic N) is 1. The van der Waals surface area contributed by atoms with Crippen LogP contribution in [0.2, 0.25) is 0 Å². The molecule has 6 heteroatoms. The summed E-state index contributed by atoms with van der Waals surface area (Å²) in [5.41, 5.74) is 3.17. The maximum absolute atomic E-state index is 11.8. The molecule has 2 heterocycles. The van der Waals surface area contributed by atoms with Crippen molar-refractivity contribution in [3.63, 3.8) is 0 Å². The summed E-state index contributed by atoms with van der Waals surface area (Å²) in [6.07, 6.45) is 0.155. The monoisotopic (exact) mass is 317 g/mol. The average Bonchev–Trinajstić information content (AvgIpc) is 2.73. The summed E-state index contributed by atoms with van der Waals surface area (Å²) in [4.78, 5) is 11.8. The van der Waals surface area contributed by atoms with Crippen molar-refractivity contribution in [2.24, 2.45) is 0 Å². The Balaban J connectivity index is 1.93. The Kier molecular flexibility index (Phi) is 4.11. The molecule has 0 saturated heterocycles. The van der Waals surface area contributed by atoms with Crippen molar-refractivity contribution in [3.8, 4) is 5.75 Å². The van der Waals surface area contributed by atoms with Crippen molar-refractivity contribution in [2.45, 2.75) is 32.1 Å². The number of carbonyl (C=O) groups is 1. The van der Waals surface area contributed by atoms with Crippen LogP contribution in [0.25, 0.3) is 0 Å². The maximum atomic E-state index is 11.8. The second kappa shape index (κ2) is 6.04. The third kappa shape index (κ3) is 2.97. The second-order valence-corrected chi connectivity index (χ2v) is 6.68. The van der Waals surface area contributed by atoms with E-state index in [2.05, 4.69) is 27.6 Å². The SMILES string of the molecule is Cc1[nH]nc2c1C(c1ccc(OC(C)C)cc1)SCC(=O)N2. The number of thioether (sulfide) groups is 1. The molecule has 5 nitrogen and oxygen atoms in total. The Morgan fingerprint density at radius 2 is 2.05 bits per heavy atom. The molecule has 0 spiro atoms. The molecule has 1 unspecified atom stereocenters. The fourth-order valence-corrected chi connectivity index (χ4v) is 3.72. The lowest BCUT2D eigenvalue weighted by Crippen LogP contribution is -2.12. The van der Waals surface area contributed by atoms with Crippen LogP contribution in [-0.4, -0.2) is 28.0 Å². The van der Waals surface area contributed by atoms with E-state index < -0.39 is 0 Å². The van der Waals surface area contributed by atoms with Crippen molar-refractivity contribution in [1.82, 2.24) is 10.2 Å². The van der Waals surface area contributed by atoms with E-state index >= 15 is 0 Å². The fourth-order valence-electron chi connectivity index (χ4n) is 2.52. The molecule has 0 saturated carbocycles. The normalized spacial score (nSPS) is 17.8. The number of benzene rings is 1. The summed E-state index contributed by atoms with van der Waals surface area (Å²) in [5.74, 6) is 1.90. The van der Waals surface area contributed by atoms with E-state index in [1.807, 2.05) is 32.9 Å². The minimum absolute atomic E-state index is 0.0139. The van der Waals surface area contributed by atoms with Crippen molar-refractivity contribution >= 4 is 23.5 Å². The number of anilines is 1. The highest BCUT2D eigenvalue weighted by molar-refractivity contribution is 8.00. The number of aromatic nitrogens is 2. The molecule has 1 aromatic heterocycles. The van der Waals surface area contributed by atoms with Gasteiger partial charge in [0.05, 0.1) is 17.1 Å². The highest BCUT2D eigenvalue weighted by atomic mass is 32.2. The smallest absolute Gasteiger partial charge is 0.235 e. The first-order valence-corrected chi connectivity index (χ1v) is 8.32. The van der Waals surface area contributed by atoms with Crippen molar-refractivity contribution in [2.75, 3.05) is 11.1 Å². The Hall–Kier alpha value is -1.95. The summed E-state index contributed by atoms with van der Waals surface area (Å²) in [6.45, 7) is 5.99. The number of rotatable bonds is 3. The molecule has 22 heavy (non-hydrogen) atoms. The van der Waals surface area contributed by atoms with Gasteiger partial charge in [-0.1, -0.05) is 12.1 Å². The molecule has 2 N–H and O–H groups in total. The van der Waals surface area contributed by atoms with Gasteiger partial charge in [0.1, 0.15) is 5.75 Å². The number of amides is 1. The second-order valence-electron chi connectivity index (χ2n) is 5.59. The quantitative estimate of drug-likeness (QED) is 0.911. The third-order valence-corrected chi connectivity index (χ3v) is 4.72. The van der Waals surface area contributed by atoms with Gasteiger partial charge in [-0.3, -0.25) is 9.89 Å². The Bertz CT molecular complexity index is 679. The fraction of sp³-hybridized carbons (Fsp3) is 0.375. The molecule has 1 aliphatic rings. The topological polar surface area (TPSA) is 67.0 Å². The van der Waals surface area contributed by atoms with E-state index in [4.69, 9.17) is 4.74 Å². The maximum Gasteiger partial charge on any atom is 0.235 e. The molecular weight excluding hydrogens is 298 g/mol. The van der Waals surface area contributed by atoms with Crippen LogP contribution >= 0.6 is 11.8 Å². The lowest BCUT2D eigenvalue weighted by Gasteiger charge is -2.16. The molecule has 0 radical (unpaired) electrons. The van der Waals surface area contributed by atoms with E-state index in [1.54, 1.807) is 11.8 Å². The zero-order valence-corrected chi connectivity index (χ0v) is 13.7. The van der Waals surface area contributed by atoms with Gasteiger partial charge < -0.3 is 10.1 Å². The first kappa shape index (κ1) is 15.0. The number of hydrogen-bond donors (Lipinski definition) is 2. The predicted molar refractivity (Wildman–Crippen MR) is 88.5 cm³/mol. The van der Waals surface area contributed by atoms with Crippen LogP contribution in [0.3, 0.4) is 0 Å². The molecule has 2 aromatic rings. The Morgan fingerprint density at radius 1 is 1.32 bits per heavy atom. The number of hydrogen-bond acceptors (Lipinski definition) is 4. The van der Waals surface area contributed by atoms with Crippen molar-refractivity contribution < 1.29 is 9.53 Å². The van der Waals surface area contributed by atoms with Crippen molar-refractivity contribution in [1.29, 1.82) is 0 Å². The highest BCUT2D eigenvalue weighted by Crippen LogP contribution is 2.42. The van der Waals surface area contributed by atoms with Crippen LogP contribution < -0.4 is 10.1 Å². The molecule has 0 bridgehead atoms. The summed E-state index contributed by atoms with van der Waals surface area (Å²) in [7, 11) is 0. The molecule has 0 aliphatic carbocycles. The number of ether oxygens (including phenoxy) is 1. The van der Waals surface area contributed by atoms with E-state index in [0.29, 0.717) is 11.6 Å². The molecule has 1 amide bonds. The number of aromatic amines is 1. The van der Waals surface area contributed by atoms with Crippen LogP contribution in [-0.2, 0) is 4.79 Å². The van der Waals surface area contributed by atoms with Crippen LogP contribution in [0.5, 0.6) is 5.75 Å². The van der Waals surface area contributed by atoms with E-state index in [1.165, 1.54) is 0 Å². The molecule has 1 atom stereocenters. The van der Waals surface area contributed by atoms with Crippen LogP contribution in [0.15, 0.2) is 24.3 Å². The Labute approximate surface area is 133 Å². The largest absolute Gasteiger partial charge is 0.491 e. The number of carbonyl (C=O) groups excluding carboxylic acids is 1. The van der Waals surface area contributed by atoms with Gasteiger partial charge in [0.2, 0.25) is 5.91 Å². The van der Waals surface area contributed by atoms with Gasteiger partial charge in [-0.25, -0.2) is 0 Å². The third-order valence-electron chi connectivity index (χ3n) is 3.45. The predicted octanol–water partition coefficient (Wildman–Crippen LogP) is 3.28. The first-order valence-electron chi connectivity index (χ1n) is 7.27. The zero-order valence-electron chi connectivity index (χ0n) is 12.8. The Morgan fingerprint density at radius 3 is 2.73 bits per heavy atom. The zero-order chi connectivity index (χ0) is 15.7. The number of nitrogens with one attached hydrogen (secondary N) is 2. The summed E-state index contributed by atoms with van der Waals surface area (Å²) in [5, 5.41) is 10.1. The number of H-pyrrole nitrogens is 1. The van der Waals surface area contributed by atoms with Crippen LogP contribution in [0.4, 0.5) is 5.82 Å². The van der Waals surface area contributed by atoms with Gasteiger partial charge in [0.25, 0.3) is 0 Å². The molecule has 3 rings (SSSR count). The van der Waals surface area contributed by atoms with Gasteiger partial charge >= 0.3 is 0 Å². The van der Waals surface area contributed by atoms with Crippen LogP contribution in [0, 0.1) is 6.92 Å². The molecule has 1 aliphatic heterocycles. The molecular formula is C16H19N3O2S. The number of aryl methyl sites for hydroxylation is 1. The lowest BCUT2D eigenvalue weighted by atomic mass is 10.0. The molecule has 116 valence electrons.